The third-order valence-electron chi connectivity index (χ3n) is 3.96. The Balaban J connectivity index is 2.16. The van der Waals surface area contributed by atoms with Crippen LogP contribution in [-0.2, 0) is 9.53 Å². The maximum atomic E-state index is 12.6. The zero-order chi connectivity index (χ0) is 15.4. The third-order valence-corrected chi connectivity index (χ3v) is 3.96. The van der Waals surface area contributed by atoms with E-state index < -0.39 is 0 Å². The number of likely N-dealkylation sites (tertiary alicyclic amines) is 1. The molecule has 0 aromatic carbocycles. The summed E-state index contributed by atoms with van der Waals surface area (Å²) in [4.78, 5) is 30.3. The van der Waals surface area contributed by atoms with Gasteiger partial charge in [-0.2, -0.15) is 0 Å². The Morgan fingerprint density at radius 1 is 1.48 bits per heavy atom. The molecule has 114 valence electrons. The van der Waals surface area contributed by atoms with Crippen LogP contribution < -0.4 is 5.32 Å². The fourth-order valence-electron chi connectivity index (χ4n) is 2.76. The minimum absolute atomic E-state index is 0.0240. The smallest absolute Gasteiger partial charge is 0.255 e. The minimum Gasteiger partial charge on any atom is -0.384 e. The molecule has 1 aromatic rings. The van der Waals surface area contributed by atoms with Crippen LogP contribution in [0.4, 0.5) is 0 Å². The molecule has 1 aliphatic rings. The second kappa shape index (κ2) is 6.67. The number of aromatic nitrogens is 1. The van der Waals surface area contributed by atoms with Gasteiger partial charge < -0.3 is 15.0 Å². The Labute approximate surface area is 124 Å². The van der Waals surface area contributed by atoms with Crippen LogP contribution in [0.5, 0.6) is 0 Å². The highest BCUT2D eigenvalue weighted by molar-refractivity contribution is 5.96. The van der Waals surface area contributed by atoms with Crippen LogP contribution in [0.2, 0.25) is 0 Å². The number of carbonyl (C=O) groups is 2. The van der Waals surface area contributed by atoms with Crippen molar-refractivity contribution < 1.29 is 14.3 Å². The van der Waals surface area contributed by atoms with Crippen LogP contribution in [0.15, 0.2) is 18.5 Å². The monoisotopic (exact) mass is 291 g/mol. The molecule has 2 rings (SSSR count). The molecule has 1 aliphatic heterocycles. The van der Waals surface area contributed by atoms with Crippen molar-refractivity contribution >= 4 is 11.8 Å². The highest BCUT2D eigenvalue weighted by Gasteiger charge is 2.39. The molecule has 0 radical (unpaired) electrons. The van der Waals surface area contributed by atoms with Crippen molar-refractivity contribution in [3.05, 3.63) is 29.6 Å². The van der Waals surface area contributed by atoms with Gasteiger partial charge in [-0.15, -0.1) is 0 Å². The van der Waals surface area contributed by atoms with E-state index in [0.717, 1.165) is 5.56 Å². The van der Waals surface area contributed by atoms with Crippen LogP contribution in [0.3, 0.4) is 0 Å². The molecule has 1 aromatic heterocycles. The molecule has 0 unspecified atom stereocenters. The van der Waals surface area contributed by atoms with Crippen LogP contribution in [-0.4, -0.2) is 55.6 Å². The van der Waals surface area contributed by atoms with E-state index in [2.05, 4.69) is 10.3 Å². The molecule has 2 amide bonds. The number of nitrogens with zero attached hydrogens (tertiary/aromatic N) is 2. The summed E-state index contributed by atoms with van der Waals surface area (Å²) in [6.45, 7) is 3.29. The number of aryl methyl sites for hydroxylation is 1. The van der Waals surface area contributed by atoms with Crippen LogP contribution in [0.25, 0.3) is 0 Å². The summed E-state index contributed by atoms with van der Waals surface area (Å²) >= 11 is 0. The molecule has 6 heteroatoms. The fourth-order valence-corrected chi connectivity index (χ4v) is 2.76. The lowest BCUT2D eigenvalue weighted by atomic mass is 9.96. The third kappa shape index (κ3) is 3.21. The fraction of sp³-hybridized carbons (Fsp3) is 0.533. The van der Waals surface area contributed by atoms with Crippen LogP contribution in [0.1, 0.15) is 15.9 Å². The summed E-state index contributed by atoms with van der Waals surface area (Å²) in [5.74, 6) is -0.324. The predicted molar refractivity (Wildman–Crippen MR) is 77.8 cm³/mol. The van der Waals surface area contributed by atoms with Crippen molar-refractivity contribution in [2.45, 2.75) is 6.92 Å². The zero-order valence-corrected chi connectivity index (χ0v) is 12.6. The second-order valence-corrected chi connectivity index (χ2v) is 5.34. The quantitative estimate of drug-likeness (QED) is 0.875. The van der Waals surface area contributed by atoms with Gasteiger partial charge in [0.25, 0.3) is 5.91 Å². The molecule has 21 heavy (non-hydrogen) atoms. The van der Waals surface area contributed by atoms with E-state index in [-0.39, 0.29) is 23.7 Å². The molecule has 1 N–H and O–H groups in total. The largest absolute Gasteiger partial charge is 0.384 e. The average Bonchev–Trinajstić information content (AvgIpc) is 2.91. The first-order chi connectivity index (χ1) is 10.1. The van der Waals surface area contributed by atoms with Crippen LogP contribution in [0, 0.1) is 18.8 Å². The van der Waals surface area contributed by atoms with Gasteiger partial charge >= 0.3 is 0 Å². The molecule has 1 fully saturated rings. The van der Waals surface area contributed by atoms with E-state index in [9.17, 15) is 9.59 Å². The second-order valence-electron chi connectivity index (χ2n) is 5.34. The summed E-state index contributed by atoms with van der Waals surface area (Å²) < 4.78 is 5.18. The van der Waals surface area contributed by atoms with Gasteiger partial charge in [-0.25, -0.2) is 0 Å². The van der Waals surface area contributed by atoms with Crippen molar-refractivity contribution in [3.63, 3.8) is 0 Å². The molecular weight excluding hydrogens is 270 g/mol. The number of ether oxygens (including phenoxy) is 1. The lowest BCUT2D eigenvalue weighted by Gasteiger charge is -2.17. The number of pyridine rings is 1. The Morgan fingerprint density at radius 3 is 2.86 bits per heavy atom. The lowest BCUT2D eigenvalue weighted by molar-refractivity contribution is -0.125. The van der Waals surface area contributed by atoms with Gasteiger partial charge in [-0.1, -0.05) is 0 Å². The average molecular weight is 291 g/mol. The number of nitrogens with one attached hydrogen (secondary N) is 1. The molecule has 2 heterocycles. The summed E-state index contributed by atoms with van der Waals surface area (Å²) in [6.07, 6.45) is 3.24. The maximum absolute atomic E-state index is 12.6. The zero-order valence-electron chi connectivity index (χ0n) is 12.6. The number of amides is 2. The summed E-state index contributed by atoms with van der Waals surface area (Å²) in [5, 5.41) is 2.66. The van der Waals surface area contributed by atoms with Crippen molar-refractivity contribution in [2.24, 2.45) is 11.8 Å². The van der Waals surface area contributed by atoms with Crippen molar-refractivity contribution in [3.8, 4) is 0 Å². The number of carbonyl (C=O) groups excluding carboxylic acids is 2. The number of methoxy groups -OCH3 is 1. The molecule has 0 bridgehead atoms. The van der Waals surface area contributed by atoms with Gasteiger partial charge in [0, 0.05) is 45.6 Å². The topological polar surface area (TPSA) is 71.5 Å². The normalized spacial score (nSPS) is 21.4. The van der Waals surface area contributed by atoms with E-state index in [1.807, 2.05) is 13.0 Å². The number of rotatable bonds is 4. The summed E-state index contributed by atoms with van der Waals surface area (Å²) in [6, 6.07) is 1.81. The number of hydrogen-bond donors (Lipinski definition) is 1. The molecule has 2 atom stereocenters. The van der Waals surface area contributed by atoms with Gasteiger partial charge in [0.1, 0.15) is 0 Å². The van der Waals surface area contributed by atoms with Crippen molar-refractivity contribution in [2.75, 3.05) is 33.9 Å². The molecular formula is C15H21N3O3. The Bertz CT molecular complexity index is 533. The highest BCUT2D eigenvalue weighted by Crippen LogP contribution is 2.26. The molecule has 6 nitrogen and oxygen atoms in total. The molecule has 1 saturated heterocycles. The van der Waals surface area contributed by atoms with Gasteiger partial charge in [0.05, 0.1) is 18.1 Å². The number of hydrogen-bond acceptors (Lipinski definition) is 4. The van der Waals surface area contributed by atoms with E-state index in [0.29, 0.717) is 25.3 Å². The van der Waals surface area contributed by atoms with Crippen molar-refractivity contribution in [1.82, 2.24) is 15.2 Å². The van der Waals surface area contributed by atoms with Gasteiger partial charge in [0.2, 0.25) is 5.91 Å². The lowest BCUT2D eigenvalue weighted by Crippen LogP contribution is -2.34. The van der Waals surface area contributed by atoms with Crippen LogP contribution >= 0.6 is 0 Å². The Hall–Kier alpha value is -1.95. The summed E-state index contributed by atoms with van der Waals surface area (Å²) in [5.41, 5.74) is 1.48. The van der Waals surface area contributed by atoms with Gasteiger partial charge in [-0.05, 0) is 18.6 Å². The van der Waals surface area contributed by atoms with Gasteiger partial charge in [0.15, 0.2) is 0 Å². The standard InChI is InChI=1S/C15H21N3O3/c1-10-4-5-17-6-12(10)15(20)18-7-11(9-21-3)13(8-18)14(19)16-2/h4-6,11,13H,7-9H2,1-3H3,(H,16,19)/t11-,13+/m0/s1. The highest BCUT2D eigenvalue weighted by atomic mass is 16.5. The van der Waals surface area contributed by atoms with Gasteiger partial charge in [-0.3, -0.25) is 14.6 Å². The minimum atomic E-state index is -0.226. The van der Waals surface area contributed by atoms with Crippen molar-refractivity contribution in [1.29, 1.82) is 0 Å². The van der Waals surface area contributed by atoms with E-state index >= 15 is 0 Å². The Kier molecular flexibility index (Phi) is 4.90. The summed E-state index contributed by atoms with van der Waals surface area (Å²) in [7, 11) is 3.22. The Morgan fingerprint density at radius 2 is 2.24 bits per heavy atom. The first-order valence-electron chi connectivity index (χ1n) is 6.99. The molecule has 0 saturated carbocycles. The molecule has 0 spiro atoms. The van der Waals surface area contributed by atoms with E-state index in [4.69, 9.17) is 4.74 Å². The SMILES string of the molecule is CNC(=O)[C@@H]1CN(C(=O)c2cnccc2C)C[C@H]1COC. The molecule has 0 aliphatic carbocycles. The van der Waals surface area contributed by atoms with E-state index in [1.54, 1.807) is 31.5 Å². The van der Waals surface area contributed by atoms with E-state index in [1.165, 1.54) is 0 Å². The predicted octanol–water partition coefficient (Wildman–Crippen LogP) is 0.471. The first-order valence-corrected chi connectivity index (χ1v) is 6.99. The first kappa shape index (κ1) is 15.4. The maximum Gasteiger partial charge on any atom is 0.255 e.